The number of carbonyl (C=O) groups is 2. The average molecular weight is 348 g/mol. The van der Waals surface area contributed by atoms with E-state index >= 15 is 0 Å². The second-order valence-corrected chi connectivity index (χ2v) is 5.59. The molecule has 1 rings (SSSR count). The third kappa shape index (κ3) is 5.73. The van der Waals surface area contributed by atoms with Crippen LogP contribution in [0.25, 0.3) is 0 Å². The van der Waals surface area contributed by atoms with E-state index in [9.17, 15) is 9.59 Å². The van der Waals surface area contributed by atoms with E-state index in [1.54, 1.807) is 6.08 Å². The van der Waals surface area contributed by atoms with E-state index in [4.69, 9.17) is 9.47 Å². The fourth-order valence-electron chi connectivity index (χ4n) is 2.94. The van der Waals surface area contributed by atoms with Crippen LogP contribution in [0.5, 0.6) is 0 Å². The molecule has 0 saturated heterocycles. The monoisotopic (exact) mass is 348 g/mol. The summed E-state index contributed by atoms with van der Waals surface area (Å²) in [6, 6.07) is 0. The van der Waals surface area contributed by atoms with E-state index in [1.807, 2.05) is 26.0 Å². The highest BCUT2D eigenvalue weighted by molar-refractivity contribution is 6.01. The third-order valence-corrected chi connectivity index (χ3v) is 4.23. The molecule has 0 heterocycles. The molecule has 0 aliphatic heterocycles. The lowest BCUT2D eigenvalue weighted by atomic mass is 9.72. The Morgan fingerprint density at radius 1 is 1.20 bits per heavy atom. The van der Waals surface area contributed by atoms with Crippen LogP contribution in [0.2, 0.25) is 0 Å². The number of esters is 2. The molecule has 0 radical (unpaired) electrons. The van der Waals surface area contributed by atoms with Gasteiger partial charge in [-0.2, -0.15) is 0 Å². The van der Waals surface area contributed by atoms with Gasteiger partial charge in [-0.15, -0.1) is 13.2 Å². The first-order valence-electron chi connectivity index (χ1n) is 8.84. The third-order valence-electron chi connectivity index (χ3n) is 4.23. The van der Waals surface area contributed by atoms with Crippen LogP contribution in [0.4, 0.5) is 0 Å². The van der Waals surface area contributed by atoms with Gasteiger partial charge in [-0.25, -0.2) is 0 Å². The van der Waals surface area contributed by atoms with Crippen molar-refractivity contribution in [3.05, 3.63) is 49.1 Å². The van der Waals surface area contributed by atoms with E-state index < -0.39 is 23.3 Å². The first-order chi connectivity index (χ1) is 12.1. The molecular formula is C21H32O4. The molecule has 4 nitrogen and oxygen atoms in total. The Morgan fingerprint density at radius 2 is 1.80 bits per heavy atom. The maximum Gasteiger partial charge on any atom is 0.324 e. The molecule has 0 fully saturated rings. The molecule has 0 spiro atoms. The lowest BCUT2D eigenvalue weighted by Gasteiger charge is -2.31. The van der Waals surface area contributed by atoms with Crippen molar-refractivity contribution in [3.8, 4) is 0 Å². The Labute approximate surface area is 152 Å². The van der Waals surface area contributed by atoms with Gasteiger partial charge >= 0.3 is 11.9 Å². The second kappa shape index (κ2) is 12.3. The maximum atomic E-state index is 12.4. The molecule has 0 bridgehead atoms. The fraction of sp³-hybridized carbons (Fsp3) is 0.524. The summed E-state index contributed by atoms with van der Waals surface area (Å²) in [6.45, 7) is 11.4. The van der Waals surface area contributed by atoms with Crippen LogP contribution in [-0.2, 0) is 19.1 Å². The summed E-state index contributed by atoms with van der Waals surface area (Å²) in [7, 11) is 2.52. The molecule has 25 heavy (non-hydrogen) atoms. The number of hydrogen-bond acceptors (Lipinski definition) is 4. The minimum absolute atomic E-state index is 0.117. The minimum Gasteiger partial charge on any atom is -0.468 e. The molecule has 1 aliphatic carbocycles. The van der Waals surface area contributed by atoms with Gasteiger partial charge in [0.25, 0.3) is 0 Å². The zero-order valence-electron chi connectivity index (χ0n) is 16.0. The Balaban J connectivity index is 0.00000277. The summed E-state index contributed by atoms with van der Waals surface area (Å²) in [5.41, 5.74) is -0.274. The lowest BCUT2D eigenvalue weighted by Crippen LogP contribution is -2.45. The Kier molecular flexibility index (Phi) is 11.3. The van der Waals surface area contributed by atoms with Crippen LogP contribution in [0.1, 0.15) is 46.0 Å². The first kappa shape index (κ1) is 22.9. The molecule has 0 aromatic carbocycles. The van der Waals surface area contributed by atoms with Gasteiger partial charge in [-0.1, -0.05) is 49.8 Å². The number of methoxy groups -OCH3 is 2. The molecule has 4 heteroatoms. The first-order valence-corrected chi connectivity index (χ1v) is 8.84. The SMILES string of the molecule is C=CCC(C(=O)OC)(C(=O)OC)C(C=C)/C=C/C1=CCCCC1.CC. The summed E-state index contributed by atoms with van der Waals surface area (Å²) < 4.78 is 9.76. The van der Waals surface area contributed by atoms with Crippen molar-refractivity contribution in [1.29, 1.82) is 0 Å². The summed E-state index contributed by atoms with van der Waals surface area (Å²) in [6.07, 6.45) is 13.6. The molecule has 0 N–H and O–H groups in total. The zero-order valence-corrected chi connectivity index (χ0v) is 16.0. The van der Waals surface area contributed by atoms with E-state index in [-0.39, 0.29) is 6.42 Å². The van der Waals surface area contributed by atoms with Crippen molar-refractivity contribution < 1.29 is 19.1 Å². The van der Waals surface area contributed by atoms with Crippen LogP contribution >= 0.6 is 0 Å². The highest BCUT2D eigenvalue weighted by atomic mass is 16.5. The van der Waals surface area contributed by atoms with Gasteiger partial charge in [0.15, 0.2) is 5.41 Å². The predicted octanol–water partition coefficient (Wildman–Crippen LogP) is 4.78. The topological polar surface area (TPSA) is 52.6 Å². The molecule has 0 saturated carbocycles. The van der Waals surface area contributed by atoms with E-state index in [2.05, 4.69) is 19.2 Å². The maximum absolute atomic E-state index is 12.4. The number of hydrogen-bond donors (Lipinski definition) is 0. The summed E-state index contributed by atoms with van der Waals surface area (Å²) in [4.78, 5) is 24.8. The highest BCUT2D eigenvalue weighted by Gasteiger charge is 2.51. The van der Waals surface area contributed by atoms with Crippen molar-refractivity contribution in [3.63, 3.8) is 0 Å². The van der Waals surface area contributed by atoms with Gasteiger partial charge in [0, 0.05) is 5.92 Å². The summed E-state index contributed by atoms with van der Waals surface area (Å²) in [5, 5.41) is 0. The van der Waals surface area contributed by atoms with E-state index in [0.29, 0.717) is 0 Å². The average Bonchev–Trinajstić information content (AvgIpc) is 2.68. The van der Waals surface area contributed by atoms with Crippen LogP contribution in [-0.4, -0.2) is 26.2 Å². The Morgan fingerprint density at radius 3 is 2.20 bits per heavy atom. The van der Waals surface area contributed by atoms with Gasteiger partial charge in [0.05, 0.1) is 14.2 Å². The van der Waals surface area contributed by atoms with Crippen LogP contribution < -0.4 is 0 Å². The van der Waals surface area contributed by atoms with Crippen LogP contribution in [0, 0.1) is 11.3 Å². The quantitative estimate of drug-likeness (QED) is 0.360. The van der Waals surface area contributed by atoms with Gasteiger partial charge < -0.3 is 9.47 Å². The van der Waals surface area contributed by atoms with Crippen molar-refractivity contribution in [1.82, 2.24) is 0 Å². The standard InChI is InChI=1S/C19H26O4.C2H6/c1-5-14-19(17(20)22-3,18(21)23-4)16(6-2)13-12-15-10-8-7-9-11-15;1-2/h5-6,10,12-13,16H,1-2,7-9,11,14H2,3-4H3;1-2H3/b13-12+;. The predicted molar refractivity (Wildman–Crippen MR) is 102 cm³/mol. The number of allylic oxidation sites excluding steroid dienone is 6. The van der Waals surface area contributed by atoms with Gasteiger partial charge in [-0.3, -0.25) is 9.59 Å². The lowest BCUT2D eigenvalue weighted by molar-refractivity contribution is -0.171. The zero-order chi connectivity index (χ0) is 19.3. The number of ether oxygens (including phenoxy) is 2. The fourth-order valence-corrected chi connectivity index (χ4v) is 2.94. The molecule has 0 amide bonds. The summed E-state index contributed by atoms with van der Waals surface area (Å²) in [5.74, 6) is -1.82. The number of carbonyl (C=O) groups excluding carboxylic acids is 2. The van der Waals surface area contributed by atoms with E-state index in [0.717, 1.165) is 19.3 Å². The highest BCUT2D eigenvalue weighted by Crippen LogP contribution is 2.37. The largest absolute Gasteiger partial charge is 0.468 e. The molecule has 0 aromatic heterocycles. The smallest absolute Gasteiger partial charge is 0.324 e. The van der Waals surface area contributed by atoms with Crippen molar-refractivity contribution in [2.45, 2.75) is 46.0 Å². The molecule has 1 atom stereocenters. The normalized spacial score (nSPS) is 15.3. The number of rotatable bonds is 8. The summed E-state index contributed by atoms with van der Waals surface area (Å²) >= 11 is 0. The van der Waals surface area contributed by atoms with Crippen molar-refractivity contribution in [2.75, 3.05) is 14.2 Å². The molecular weight excluding hydrogens is 316 g/mol. The second-order valence-electron chi connectivity index (χ2n) is 5.59. The molecule has 1 unspecified atom stereocenters. The van der Waals surface area contributed by atoms with Crippen molar-refractivity contribution >= 4 is 11.9 Å². The molecule has 140 valence electrons. The van der Waals surface area contributed by atoms with Gasteiger partial charge in [0.1, 0.15) is 0 Å². The van der Waals surface area contributed by atoms with Gasteiger partial charge in [0.2, 0.25) is 0 Å². The van der Waals surface area contributed by atoms with Crippen LogP contribution in [0.15, 0.2) is 49.1 Å². The minimum atomic E-state index is -1.49. The Hall–Kier alpha value is -2.10. The van der Waals surface area contributed by atoms with Crippen molar-refractivity contribution in [2.24, 2.45) is 11.3 Å². The van der Waals surface area contributed by atoms with Crippen LogP contribution in [0.3, 0.4) is 0 Å². The Bertz CT molecular complexity index is 498. The van der Waals surface area contributed by atoms with E-state index in [1.165, 1.54) is 32.3 Å². The van der Waals surface area contributed by atoms with Gasteiger partial charge in [-0.05, 0) is 32.1 Å². The molecule has 0 aromatic rings. The molecule has 1 aliphatic rings.